The standard InChI is InChI=1S/C14H13ClFN3O2S/c1-19-6-7-22-14(19)18-12(20)4-5-17-13(21)10-3-2-9(16)8-11(10)15/h2-3,6-8H,4-5H2,1H3,(H,17,21). The van der Waals surface area contributed by atoms with E-state index in [0.717, 1.165) is 12.1 Å². The van der Waals surface area contributed by atoms with Gasteiger partial charge in [0, 0.05) is 31.6 Å². The summed E-state index contributed by atoms with van der Waals surface area (Å²) in [4.78, 5) is 28.1. The monoisotopic (exact) mass is 341 g/mol. The molecule has 1 N–H and O–H groups in total. The van der Waals surface area contributed by atoms with Crippen molar-refractivity contribution in [1.29, 1.82) is 0 Å². The number of aryl methyl sites for hydroxylation is 1. The largest absolute Gasteiger partial charge is 0.351 e. The van der Waals surface area contributed by atoms with Crippen molar-refractivity contribution in [2.45, 2.75) is 6.42 Å². The summed E-state index contributed by atoms with van der Waals surface area (Å²) < 4.78 is 14.6. The lowest BCUT2D eigenvalue weighted by Crippen LogP contribution is -2.26. The molecule has 0 radical (unpaired) electrons. The Morgan fingerprint density at radius 3 is 2.86 bits per heavy atom. The third-order valence-corrected chi connectivity index (χ3v) is 3.94. The summed E-state index contributed by atoms with van der Waals surface area (Å²) in [5, 5.41) is 4.41. The van der Waals surface area contributed by atoms with Crippen molar-refractivity contribution in [2.24, 2.45) is 12.0 Å². The Morgan fingerprint density at radius 1 is 1.45 bits per heavy atom. The maximum atomic E-state index is 12.9. The first-order chi connectivity index (χ1) is 10.5. The van der Waals surface area contributed by atoms with Crippen LogP contribution in [0.25, 0.3) is 0 Å². The number of hydrogen-bond donors (Lipinski definition) is 1. The zero-order chi connectivity index (χ0) is 16.1. The lowest BCUT2D eigenvalue weighted by molar-refractivity contribution is -0.117. The van der Waals surface area contributed by atoms with Crippen molar-refractivity contribution in [3.63, 3.8) is 0 Å². The molecule has 1 aromatic heterocycles. The van der Waals surface area contributed by atoms with Gasteiger partial charge in [0.1, 0.15) is 5.82 Å². The zero-order valence-electron chi connectivity index (χ0n) is 11.7. The molecule has 2 aromatic rings. The Bertz CT molecular complexity index is 769. The van der Waals surface area contributed by atoms with Gasteiger partial charge in [-0.25, -0.2) is 4.39 Å². The van der Waals surface area contributed by atoms with Gasteiger partial charge < -0.3 is 9.88 Å². The number of amides is 2. The predicted octanol–water partition coefficient (Wildman–Crippen LogP) is 2.13. The maximum absolute atomic E-state index is 12.9. The fourth-order valence-electron chi connectivity index (χ4n) is 1.65. The third kappa shape index (κ3) is 4.25. The van der Waals surface area contributed by atoms with Gasteiger partial charge >= 0.3 is 0 Å². The minimum absolute atomic E-state index is 0.0270. The average Bonchev–Trinajstić information content (AvgIpc) is 2.84. The Hall–Kier alpha value is -1.99. The van der Waals surface area contributed by atoms with Gasteiger partial charge in [-0.3, -0.25) is 9.59 Å². The van der Waals surface area contributed by atoms with Crippen molar-refractivity contribution < 1.29 is 14.0 Å². The lowest BCUT2D eigenvalue weighted by Gasteiger charge is -2.05. The highest BCUT2D eigenvalue weighted by Crippen LogP contribution is 2.16. The summed E-state index contributed by atoms with van der Waals surface area (Å²) in [6.45, 7) is 0.129. The summed E-state index contributed by atoms with van der Waals surface area (Å²) in [6.07, 6.45) is 1.87. The Kier molecular flexibility index (Phi) is 5.46. The SMILES string of the molecule is Cn1ccsc1=NC(=O)CCNC(=O)c1ccc(F)cc1Cl. The van der Waals surface area contributed by atoms with Gasteiger partial charge in [-0.05, 0) is 18.2 Å². The number of hydrogen-bond acceptors (Lipinski definition) is 3. The lowest BCUT2D eigenvalue weighted by atomic mass is 10.2. The van der Waals surface area contributed by atoms with E-state index in [9.17, 15) is 14.0 Å². The molecule has 22 heavy (non-hydrogen) atoms. The van der Waals surface area contributed by atoms with Gasteiger partial charge in [0.05, 0.1) is 10.6 Å². The molecule has 1 heterocycles. The van der Waals surface area contributed by atoms with Gasteiger partial charge in [0.15, 0.2) is 4.80 Å². The third-order valence-electron chi connectivity index (χ3n) is 2.78. The highest BCUT2D eigenvalue weighted by atomic mass is 35.5. The van der Waals surface area contributed by atoms with Gasteiger partial charge in [0.25, 0.3) is 5.91 Å². The van der Waals surface area contributed by atoms with E-state index in [1.165, 1.54) is 17.4 Å². The molecule has 5 nitrogen and oxygen atoms in total. The molecule has 2 rings (SSSR count). The van der Waals surface area contributed by atoms with Gasteiger partial charge in [-0.2, -0.15) is 4.99 Å². The predicted molar refractivity (Wildman–Crippen MR) is 82.2 cm³/mol. The minimum Gasteiger partial charge on any atom is -0.351 e. The van der Waals surface area contributed by atoms with Crippen LogP contribution in [0.15, 0.2) is 34.8 Å². The molecule has 1 aromatic carbocycles. The molecule has 0 unspecified atom stereocenters. The second-order valence-electron chi connectivity index (χ2n) is 4.43. The van der Waals surface area contributed by atoms with Crippen LogP contribution in [0.2, 0.25) is 5.02 Å². The van der Waals surface area contributed by atoms with E-state index in [-0.39, 0.29) is 29.5 Å². The topological polar surface area (TPSA) is 63.5 Å². The molecule has 0 aliphatic heterocycles. The number of thiazole rings is 1. The quantitative estimate of drug-likeness (QED) is 0.926. The number of carbonyl (C=O) groups excluding carboxylic acids is 2. The van der Waals surface area contributed by atoms with Crippen LogP contribution in [0.4, 0.5) is 4.39 Å². The number of nitrogens with zero attached hydrogens (tertiary/aromatic N) is 2. The van der Waals surface area contributed by atoms with Crippen LogP contribution in [0, 0.1) is 5.82 Å². The first-order valence-corrected chi connectivity index (χ1v) is 7.64. The minimum atomic E-state index is -0.514. The van der Waals surface area contributed by atoms with E-state index >= 15 is 0 Å². The molecule has 116 valence electrons. The smallest absolute Gasteiger partial charge is 0.252 e. The first kappa shape index (κ1) is 16.4. The Balaban J connectivity index is 1.90. The van der Waals surface area contributed by atoms with Crippen LogP contribution in [0.1, 0.15) is 16.8 Å². The van der Waals surface area contributed by atoms with Gasteiger partial charge in [-0.15, -0.1) is 11.3 Å². The van der Waals surface area contributed by atoms with Crippen molar-refractivity contribution >= 4 is 34.8 Å². The highest BCUT2D eigenvalue weighted by Gasteiger charge is 2.11. The van der Waals surface area contributed by atoms with Crippen LogP contribution < -0.4 is 10.1 Å². The summed E-state index contributed by atoms with van der Waals surface area (Å²) in [5.41, 5.74) is 0.164. The Morgan fingerprint density at radius 2 is 2.23 bits per heavy atom. The molecule has 0 fully saturated rings. The summed E-state index contributed by atoms with van der Waals surface area (Å²) in [5.74, 6) is -1.30. The van der Waals surface area contributed by atoms with E-state index in [4.69, 9.17) is 11.6 Å². The Labute approximate surface area is 135 Å². The van der Waals surface area contributed by atoms with Gasteiger partial charge in [-0.1, -0.05) is 11.6 Å². The molecular weight excluding hydrogens is 329 g/mol. The molecule has 0 aliphatic rings. The average molecular weight is 342 g/mol. The maximum Gasteiger partial charge on any atom is 0.252 e. The van der Waals surface area contributed by atoms with Crippen LogP contribution in [0.3, 0.4) is 0 Å². The zero-order valence-corrected chi connectivity index (χ0v) is 13.2. The molecule has 0 saturated carbocycles. The van der Waals surface area contributed by atoms with Crippen LogP contribution in [0.5, 0.6) is 0 Å². The highest BCUT2D eigenvalue weighted by molar-refractivity contribution is 7.07. The van der Waals surface area contributed by atoms with Crippen molar-refractivity contribution in [1.82, 2.24) is 9.88 Å². The summed E-state index contributed by atoms with van der Waals surface area (Å²) in [6, 6.07) is 3.51. The summed E-state index contributed by atoms with van der Waals surface area (Å²) in [7, 11) is 1.79. The van der Waals surface area contributed by atoms with E-state index < -0.39 is 11.7 Å². The van der Waals surface area contributed by atoms with Crippen molar-refractivity contribution in [2.75, 3.05) is 6.54 Å². The second-order valence-corrected chi connectivity index (χ2v) is 5.71. The molecular formula is C14H13ClFN3O2S. The fraction of sp³-hybridized carbons (Fsp3) is 0.214. The number of aromatic nitrogens is 1. The molecule has 8 heteroatoms. The molecule has 0 bridgehead atoms. The normalized spacial score (nSPS) is 11.5. The van der Waals surface area contributed by atoms with Crippen molar-refractivity contribution in [3.8, 4) is 0 Å². The number of halogens is 2. The van der Waals surface area contributed by atoms with E-state index in [0.29, 0.717) is 4.80 Å². The molecule has 0 saturated heterocycles. The number of rotatable bonds is 4. The van der Waals surface area contributed by atoms with Crippen LogP contribution >= 0.6 is 22.9 Å². The molecule has 0 spiro atoms. The molecule has 2 amide bonds. The first-order valence-electron chi connectivity index (χ1n) is 6.38. The number of nitrogens with one attached hydrogen (secondary N) is 1. The van der Waals surface area contributed by atoms with E-state index in [1.807, 2.05) is 5.38 Å². The van der Waals surface area contributed by atoms with E-state index in [1.54, 1.807) is 17.8 Å². The number of benzene rings is 1. The summed E-state index contributed by atoms with van der Waals surface area (Å²) >= 11 is 7.14. The molecule has 0 aliphatic carbocycles. The van der Waals surface area contributed by atoms with Crippen LogP contribution in [-0.4, -0.2) is 22.9 Å². The van der Waals surface area contributed by atoms with Gasteiger partial charge in [0.2, 0.25) is 5.91 Å². The van der Waals surface area contributed by atoms with Crippen LogP contribution in [-0.2, 0) is 11.8 Å². The fourth-order valence-corrected chi connectivity index (χ4v) is 2.65. The second kappa shape index (κ2) is 7.33. The van der Waals surface area contributed by atoms with E-state index in [2.05, 4.69) is 10.3 Å². The number of carbonyl (C=O) groups is 2. The molecule has 0 atom stereocenters. The van der Waals surface area contributed by atoms with Crippen molar-refractivity contribution in [3.05, 3.63) is 51.0 Å².